The zero-order valence-electron chi connectivity index (χ0n) is 12.4. The zero-order chi connectivity index (χ0) is 14.5. The van der Waals surface area contributed by atoms with Crippen LogP contribution in [0.5, 0.6) is 0 Å². The first kappa shape index (κ1) is 14.9. The second-order valence-corrected chi connectivity index (χ2v) is 5.90. The highest BCUT2D eigenvalue weighted by Gasteiger charge is 2.25. The summed E-state index contributed by atoms with van der Waals surface area (Å²) in [5.74, 6) is 0.896. The van der Waals surface area contributed by atoms with Gasteiger partial charge in [0, 0.05) is 6.54 Å². The first-order chi connectivity index (χ1) is 9.61. The van der Waals surface area contributed by atoms with Gasteiger partial charge in [-0.2, -0.15) is 0 Å². The van der Waals surface area contributed by atoms with Gasteiger partial charge < -0.3 is 10.9 Å². The van der Waals surface area contributed by atoms with E-state index in [0.717, 1.165) is 25.9 Å². The number of nitrogens with two attached hydrogens (primary N) is 1. The molecule has 1 saturated heterocycles. The molecule has 0 bridgehead atoms. The minimum atomic E-state index is 0.0681. The van der Waals surface area contributed by atoms with Crippen LogP contribution < -0.4 is 5.73 Å². The van der Waals surface area contributed by atoms with Gasteiger partial charge in [0.15, 0.2) is 5.84 Å². The van der Waals surface area contributed by atoms with Crippen molar-refractivity contribution in [2.45, 2.75) is 51.6 Å². The number of hydrogen-bond acceptors (Lipinski definition) is 3. The number of nitrogens with zero attached hydrogens (tertiary/aromatic N) is 2. The number of amidine groups is 1. The minimum Gasteiger partial charge on any atom is -0.409 e. The highest BCUT2D eigenvalue weighted by Crippen LogP contribution is 2.21. The Morgan fingerprint density at radius 3 is 2.65 bits per heavy atom. The van der Waals surface area contributed by atoms with Crippen molar-refractivity contribution in [2.24, 2.45) is 10.9 Å². The third kappa shape index (κ3) is 3.51. The highest BCUT2D eigenvalue weighted by atomic mass is 16.4. The molecule has 110 valence electrons. The molecule has 0 amide bonds. The number of hydrogen-bond donors (Lipinski definition) is 2. The second-order valence-electron chi connectivity index (χ2n) is 5.90. The molecule has 0 radical (unpaired) electrons. The van der Waals surface area contributed by atoms with Crippen LogP contribution in [0.3, 0.4) is 0 Å². The lowest BCUT2D eigenvalue weighted by Gasteiger charge is -2.34. The first-order valence-corrected chi connectivity index (χ1v) is 7.42. The Balaban J connectivity index is 2.06. The summed E-state index contributed by atoms with van der Waals surface area (Å²) in [6.45, 7) is 6.27. The van der Waals surface area contributed by atoms with E-state index in [4.69, 9.17) is 10.9 Å². The standard InChI is InChI=1S/C16H25N3O/c1-12(2)14-8-6-13(7-9-14)11-19-10-4-3-5-15(19)16(17)18-20/h6-9,12,15,20H,3-5,10-11H2,1-2H3,(H2,17,18). The Morgan fingerprint density at radius 2 is 2.05 bits per heavy atom. The van der Waals surface area contributed by atoms with Gasteiger partial charge in [0.25, 0.3) is 0 Å². The average Bonchev–Trinajstić information content (AvgIpc) is 2.47. The third-order valence-electron chi connectivity index (χ3n) is 4.10. The van der Waals surface area contributed by atoms with Gasteiger partial charge in [-0.05, 0) is 36.4 Å². The van der Waals surface area contributed by atoms with Crippen molar-refractivity contribution in [3.8, 4) is 0 Å². The van der Waals surface area contributed by atoms with Crippen LogP contribution in [-0.4, -0.2) is 28.5 Å². The van der Waals surface area contributed by atoms with E-state index in [1.807, 2.05) is 0 Å². The molecule has 1 fully saturated rings. The maximum absolute atomic E-state index is 8.90. The topological polar surface area (TPSA) is 61.8 Å². The minimum absolute atomic E-state index is 0.0681. The Kier molecular flexibility index (Phi) is 5.01. The molecule has 1 aliphatic rings. The van der Waals surface area contributed by atoms with E-state index in [9.17, 15) is 0 Å². The van der Waals surface area contributed by atoms with Crippen molar-refractivity contribution >= 4 is 5.84 Å². The smallest absolute Gasteiger partial charge is 0.156 e. The van der Waals surface area contributed by atoms with Gasteiger partial charge in [0.05, 0.1) is 6.04 Å². The van der Waals surface area contributed by atoms with Crippen LogP contribution in [0.4, 0.5) is 0 Å². The lowest BCUT2D eigenvalue weighted by atomic mass is 9.99. The SMILES string of the molecule is CC(C)c1ccc(CN2CCCCC2C(N)=NO)cc1. The first-order valence-electron chi connectivity index (χ1n) is 7.42. The van der Waals surface area contributed by atoms with Crippen molar-refractivity contribution in [1.29, 1.82) is 0 Å². The average molecular weight is 275 g/mol. The summed E-state index contributed by atoms with van der Waals surface area (Å²) < 4.78 is 0. The Labute approximate surface area is 121 Å². The van der Waals surface area contributed by atoms with E-state index in [0.29, 0.717) is 11.8 Å². The Morgan fingerprint density at radius 1 is 1.35 bits per heavy atom. The molecular formula is C16H25N3O. The van der Waals surface area contributed by atoms with E-state index in [2.05, 4.69) is 48.2 Å². The number of likely N-dealkylation sites (tertiary alicyclic amines) is 1. The summed E-state index contributed by atoms with van der Waals surface area (Å²) in [6, 6.07) is 8.84. The molecule has 0 saturated carbocycles. The van der Waals surface area contributed by atoms with Crippen LogP contribution in [0, 0.1) is 0 Å². The molecule has 1 aromatic carbocycles. The summed E-state index contributed by atoms with van der Waals surface area (Å²) in [4.78, 5) is 2.31. The quantitative estimate of drug-likeness (QED) is 0.384. The van der Waals surface area contributed by atoms with Gasteiger partial charge in [-0.1, -0.05) is 49.7 Å². The summed E-state index contributed by atoms with van der Waals surface area (Å²) in [6.07, 6.45) is 3.29. The van der Waals surface area contributed by atoms with Crippen LogP contribution in [0.1, 0.15) is 50.2 Å². The predicted octanol–water partition coefficient (Wildman–Crippen LogP) is 2.91. The molecule has 3 N–H and O–H groups in total. The fourth-order valence-electron chi connectivity index (χ4n) is 2.82. The molecule has 1 aliphatic heterocycles. The molecule has 1 unspecified atom stereocenters. The van der Waals surface area contributed by atoms with Crippen molar-refractivity contribution in [1.82, 2.24) is 4.90 Å². The summed E-state index contributed by atoms with van der Waals surface area (Å²) in [5.41, 5.74) is 8.46. The van der Waals surface area contributed by atoms with Crippen LogP contribution in [0.2, 0.25) is 0 Å². The van der Waals surface area contributed by atoms with Crippen LogP contribution in [-0.2, 0) is 6.54 Å². The van der Waals surface area contributed by atoms with Gasteiger partial charge in [-0.3, -0.25) is 4.90 Å². The van der Waals surface area contributed by atoms with Crippen LogP contribution in [0.25, 0.3) is 0 Å². The van der Waals surface area contributed by atoms with Gasteiger partial charge in [0.2, 0.25) is 0 Å². The molecular weight excluding hydrogens is 250 g/mol. The normalized spacial score (nSPS) is 21.4. The predicted molar refractivity (Wildman–Crippen MR) is 82.0 cm³/mol. The summed E-state index contributed by atoms with van der Waals surface area (Å²) in [5, 5.41) is 12.1. The third-order valence-corrected chi connectivity index (χ3v) is 4.10. The summed E-state index contributed by atoms with van der Waals surface area (Å²) >= 11 is 0. The Hall–Kier alpha value is -1.55. The van der Waals surface area contributed by atoms with Gasteiger partial charge in [-0.25, -0.2) is 0 Å². The molecule has 0 aliphatic carbocycles. The maximum Gasteiger partial charge on any atom is 0.156 e. The van der Waals surface area contributed by atoms with E-state index < -0.39 is 0 Å². The molecule has 1 aromatic rings. The number of oxime groups is 1. The van der Waals surface area contributed by atoms with Crippen LogP contribution >= 0.6 is 0 Å². The number of benzene rings is 1. The molecule has 1 atom stereocenters. The molecule has 0 spiro atoms. The van der Waals surface area contributed by atoms with Gasteiger partial charge >= 0.3 is 0 Å². The van der Waals surface area contributed by atoms with Gasteiger partial charge in [0.1, 0.15) is 0 Å². The van der Waals surface area contributed by atoms with Crippen LogP contribution in [0.15, 0.2) is 29.4 Å². The fourth-order valence-corrected chi connectivity index (χ4v) is 2.82. The summed E-state index contributed by atoms with van der Waals surface area (Å²) in [7, 11) is 0. The number of rotatable bonds is 4. The van der Waals surface area contributed by atoms with Crippen molar-refractivity contribution in [3.05, 3.63) is 35.4 Å². The van der Waals surface area contributed by atoms with E-state index in [1.54, 1.807) is 0 Å². The van der Waals surface area contributed by atoms with Gasteiger partial charge in [-0.15, -0.1) is 0 Å². The van der Waals surface area contributed by atoms with Crippen molar-refractivity contribution in [2.75, 3.05) is 6.54 Å². The van der Waals surface area contributed by atoms with Crippen molar-refractivity contribution in [3.63, 3.8) is 0 Å². The largest absolute Gasteiger partial charge is 0.409 e. The molecule has 1 heterocycles. The number of piperidine rings is 1. The monoisotopic (exact) mass is 275 g/mol. The fraction of sp³-hybridized carbons (Fsp3) is 0.562. The Bertz CT molecular complexity index is 453. The lowest BCUT2D eigenvalue weighted by molar-refractivity contribution is 0.178. The maximum atomic E-state index is 8.90. The van der Waals surface area contributed by atoms with E-state index >= 15 is 0 Å². The second kappa shape index (κ2) is 6.75. The zero-order valence-corrected chi connectivity index (χ0v) is 12.4. The van der Waals surface area contributed by atoms with E-state index in [-0.39, 0.29) is 6.04 Å². The lowest BCUT2D eigenvalue weighted by Crippen LogP contribution is -2.47. The molecule has 20 heavy (non-hydrogen) atoms. The molecule has 4 heteroatoms. The van der Waals surface area contributed by atoms with E-state index in [1.165, 1.54) is 17.5 Å². The van der Waals surface area contributed by atoms with Crippen molar-refractivity contribution < 1.29 is 5.21 Å². The molecule has 4 nitrogen and oxygen atoms in total. The highest BCUT2D eigenvalue weighted by molar-refractivity contribution is 5.85. The molecule has 2 rings (SSSR count). The molecule has 0 aromatic heterocycles.